The molecule has 1 heterocycles. The predicted octanol–water partition coefficient (Wildman–Crippen LogP) is 5.23. The average molecular weight is 423 g/mol. The van der Waals surface area contributed by atoms with E-state index in [1.54, 1.807) is 30.3 Å². The van der Waals surface area contributed by atoms with Crippen LogP contribution in [0.15, 0.2) is 72.8 Å². The number of amides is 1. The zero-order valence-corrected chi connectivity index (χ0v) is 16.9. The number of anilines is 1. The number of nitrogens with one attached hydrogen (secondary N) is 1. The van der Waals surface area contributed by atoms with Gasteiger partial charge in [0.25, 0.3) is 0 Å². The summed E-state index contributed by atoms with van der Waals surface area (Å²) in [6.45, 7) is 1.17. The molecule has 31 heavy (non-hydrogen) atoms. The van der Waals surface area contributed by atoms with Crippen molar-refractivity contribution in [2.75, 3.05) is 18.5 Å². The zero-order valence-electron chi connectivity index (χ0n) is 16.9. The van der Waals surface area contributed by atoms with E-state index in [0.717, 1.165) is 11.1 Å². The van der Waals surface area contributed by atoms with Gasteiger partial charge in [-0.3, -0.25) is 4.79 Å². The van der Waals surface area contributed by atoms with E-state index in [1.165, 1.54) is 24.3 Å². The van der Waals surface area contributed by atoms with Crippen LogP contribution < -0.4 is 10.1 Å². The van der Waals surface area contributed by atoms with E-state index in [9.17, 15) is 13.6 Å². The summed E-state index contributed by atoms with van der Waals surface area (Å²) in [5, 5.41) is 3.01. The van der Waals surface area contributed by atoms with Crippen molar-refractivity contribution in [3.8, 4) is 5.75 Å². The van der Waals surface area contributed by atoms with E-state index in [1.807, 2.05) is 18.2 Å². The largest absolute Gasteiger partial charge is 0.489 e. The summed E-state index contributed by atoms with van der Waals surface area (Å²) in [4.78, 5) is 13.4. The Kier molecular flexibility index (Phi) is 6.28. The molecule has 0 aliphatic carbocycles. The number of carbonyl (C=O) groups excluding carboxylic acids is 1. The van der Waals surface area contributed by atoms with Crippen molar-refractivity contribution in [3.05, 3.63) is 95.6 Å². The SMILES string of the molecule is O=C(Nc1cccc(COc2cccc(F)c2)c1)C1(c2ccc(F)cc2)CCOCC1. The molecule has 0 radical (unpaired) electrons. The lowest BCUT2D eigenvalue weighted by Crippen LogP contribution is -2.44. The predicted molar refractivity (Wildman–Crippen MR) is 114 cm³/mol. The minimum absolute atomic E-state index is 0.148. The second-order valence-electron chi connectivity index (χ2n) is 7.60. The highest BCUT2D eigenvalue weighted by Crippen LogP contribution is 2.36. The number of rotatable bonds is 6. The van der Waals surface area contributed by atoms with Crippen molar-refractivity contribution in [2.45, 2.75) is 24.9 Å². The summed E-state index contributed by atoms with van der Waals surface area (Å²) < 4.78 is 37.9. The molecule has 1 amide bonds. The van der Waals surface area contributed by atoms with Gasteiger partial charge in [-0.2, -0.15) is 0 Å². The molecule has 1 saturated heterocycles. The molecule has 4 rings (SSSR count). The molecule has 3 aromatic rings. The maximum Gasteiger partial charge on any atom is 0.235 e. The Morgan fingerprint density at radius 1 is 0.935 bits per heavy atom. The molecule has 1 aliphatic heterocycles. The third kappa shape index (κ3) is 4.91. The summed E-state index contributed by atoms with van der Waals surface area (Å²) in [5.41, 5.74) is 1.48. The van der Waals surface area contributed by atoms with Gasteiger partial charge in [0.2, 0.25) is 5.91 Å². The van der Waals surface area contributed by atoms with Crippen LogP contribution in [0.4, 0.5) is 14.5 Å². The van der Waals surface area contributed by atoms with Crippen LogP contribution in [0.2, 0.25) is 0 Å². The molecular formula is C25H23F2NO3. The third-order valence-electron chi connectivity index (χ3n) is 5.56. The third-order valence-corrected chi connectivity index (χ3v) is 5.56. The van der Waals surface area contributed by atoms with Crippen LogP contribution in [0.25, 0.3) is 0 Å². The van der Waals surface area contributed by atoms with Crippen molar-refractivity contribution < 1.29 is 23.0 Å². The lowest BCUT2D eigenvalue weighted by Gasteiger charge is -2.36. The topological polar surface area (TPSA) is 47.6 Å². The molecule has 0 unspecified atom stereocenters. The fraction of sp³-hybridized carbons (Fsp3) is 0.240. The van der Waals surface area contributed by atoms with Crippen molar-refractivity contribution in [1.82, 2.24) is 0 Å². The lowest BCUT2D eigenvalue weighted by molar-refractivity contribution is -0.125. The molecule has 1 N–H and O–H groups in total. The molecule has 160 valence electrons. The summed E-state index contributed by atoms with van der Waals surface area (Å²) in [6, 6.07) is 19.4. The molecule has 0 bridgehead atoms. The second kappa shape index (κ2) is 9.27. The van der Waals surface area contributed by atoms with Gasteiger partial charge < -0.3 is 14.8 Å². The zero-order chi connectivity index (χ0) is 21.7. The fourth-order valence-electron chi connectivity index (χ4n) is 3.85. The summed E-state index contributed by atoms with van der Waals surface area (Å²) in [7, 11) is 0. The van der Waals surface area contributed by atoms with Gasteiger partial charge >= 0.3 is 0 Å². The van der Waals surface area contributed by atoms with Gasteiger partial charge in [0.1, 0.15) is 24.0 Å². The Morgan fingerprint density at radius 2 is 1.68 bits per heavy atom. The Bertz CT molecular complexity index is 1050. The van der Waals surface area contributed by atoms with Gasteiger partial charge in [0, 0.05) is 25.0 Å². The van der Waals surface area contributed by atoms with Gasteiger partial charge in [-0.1, -0.05) is 30.3 Å². The fourth-order valence-corrected chi connectivity index (χ4v) is 3.85. The number of benzene rings is 3. The van der Waals surface area contributed by atoms with Crippen molar-refractivity contribution >= 4 is 11.6 Å². The first-order valence-corrected chi connectivity index (χ1v) is 10.2. The highest BCUT2D eigenvalue weighted by atomic mass is 19.1. The molecule has 0 saturated carbocycles. The van der Waals surface area contributed by atoms with Crippen LogP contribution >= 0.6 is 0 Å². The number of hydrogen-bond acceptors (Lipinski definition) is 3. The summed E-state index contributed by atoms with van der Waals surface area (Å²) >= 11 is 0. The Labute approximate surface area is 179 Å². The van der Waals surface area contributed by atoms with Crippen LogP contribution in [-0.2, 0) is 21.6 Å². The first-order valence-electron chi connectivity index (χ1n) is 10.2. The first-order chi connectivity index (χ1) is 15.0. The smallest absolute Gasteiger partial charge is 0.235 e. The van der Waals surface area contributed by atoms with Gasteiger partial charge in [-0.25, -0.2) is 8.78 Å². The lowest BCUT2D eigenvalue weighted by atomic mass is 9.73. The normalized spacial score (nSPS) is 15.3. The van der Waals surface area contributed by atoms with Crippen LogP contribution in [0.3, 0.4) is 0 Å². The molecule has 6 heteroatoms. The molecular weight excluding hydrogens is 400 g/mol. The molecule has 4 nitrogen and oxygen atoms in total. The van der Waals surface area contributed by atoms with Crippen LogP contribution in [-0.4, -0.2) is 19.1 Å². The molecule has 0 aromatic heterocycles. The number of ether oxygens (including phenoxy) is 2. The van der Waals surface area contributed by atoms with E-state index in [-0.39, 0.29) is 24.1 Å². The van der Waals surface area contributed by atoms with Crippen molar-refractivity contribution in [2.24, 2.45) is 0 Å². The molecule has 1 fully saturated rings. The van der Waals surface area contributed by atoms with Crippen molar-refractivity contribution in [3.63, 3.8) is 0 Å². The Morgan fingerprint density at radius 3 is 2.42 bits per heavy atom. The second-order valence-corrected chi connectivity index (χ2v) is 7.60. The van der Waals surface area contributed by atoms with E-state index < -0.39 is 5.41 Å². The Hall–Kier alpha value is -3.25. The maximum absolute atomic E-state index is 13.4. The minimum Gasteiger partial charge on any atom is -0.489 e. The molecule has 0 spiro atoms. The van der Waals surface area contributed by atoms with Crippen LogP contribution in [0.1, 0.15) is 24.0 Å². The van der Waals surface area contributed by atoms with E-state index in [2.05, 4.69) is 5.32 Å². The Balaban J connectivity index is 1.50. The van der Waals surface area contributed by atoms with Gasteiger partial charge in [0.15, 0.2) is 0 Å². The summed E-state index contributed by atoms with van der Waals surface area (Å²) in [5.74, 6) is -0.407. The average Bonchev–Trinajstić information content (AvgIpc) is 2.79. The highest BCUT2D eigenvalue weighted by molar-refractivity contribution is 5.99. The van der Waals surface area contributed by atoms with E-state index >= 15 is 0 Å². The number of carbonyl (C=O) groups is 1. The van der Waals surface area contributed by atoms with Gasteiger partial charge in [-0.05, 0) is 60.4 Å². The quantitative estimate of drug-likeness (QED) is 0.591. The number of halogens is 2. The van der Waals surface area contributed by atoms with E-state index in [4.69, 9.17) is 9.47 Å². The monoisotopic (exact) mass is 423 g/mol. The van der Waals surface area contributed by atoms with E-state index in [0.29, 0.717) is 37.5 Å². The highest BCUT2D eigenvalue weighted by Gasteiger charge is 2.41. The molecule has 3 aromatic carbocycles. The molecule has 1 aliphatic rings. The van der Waals surface area contributed by atoms with Gasteiger partial charge in [-0.15, -0.1) is 0 Å². The van der Waals surface area contributed by atoms with Crippen LogP contribution in [0.5, 0.6) is 5.75 Å². The van der Waals surface area contributed by atoms with Gasteiger partial charge in [0.05, 0.1) is 5.41 Å². The standard InChI is InChI=1S/C25H23F2NO3/c26-20-9-7-19(8-10-20)25(11-13-30-14-12-25)24(29)28-22-5-1-3-18(15-22)17-31-23-6-2-4-21(27)16-23/h1-10,15-16H,11-14,17H2,(H,28,29). The first kappa shape index (κ1) is 21.0. The molecule has 0 atom stereocenters. The maximum atomic E-state index is 13.4. The van der Waals surface area contributed by atoms with Crippen molar-refractivity contribution in [1.29, 1.82) is 0 Å². The number of hydrogen-bond donors (Lipinski definition) is 1. The van der Waals surface area contributed by atoms with Crippen LogP contribution in [0, 0.1) is 11.6 Å². The minimum atomic E-state index is -0.778. The summed E-state index contributed by atoms with van der Waals surface area (Å²) in [6.07, 6.45) is 1.04.